The highest BCUT2D eigenvalue weighted by molar-refractivity contribution is 7.90. The molecule has 2 amide bonds. The van der Waals surface area contributed by atoms with E-state index >= 15 is 0 Å². The number of carbonyl (C=O) groups excluding carboxylic acids is 2. The third kappa shape index (κ3) is 4.89. The molecule has 2 fully saturated rings. The van der Waals surface area contributed by atoms with Crippen LogP contribution in [0.2, 0.25) is 0 Å². The number of hydrogen-bond donors (Lipinski definition) is 1. The molecule has 0 spiro atoms. The second-order valence-electron chi connectivity index (χ2n) is 8.15. The molecule has 178 valence electrons. The third-order valence-corrected chi connectivity index (χ3v) is 6.78. The van der Waals surface area contributed by atoms with Crippen LogP contribution in [-0.4, -0.2) is 74.1 Å². The molecule has 13 heteroatoms. The number of alkyl halides is 3. The Labute approximate surface area is 182 Å². The van der Waals surface area contributed by atoms with Gasteiger partial charge in [0, 0.05) is 17.9 Å². The summed E-state index contributed by atoms with van der Waals surface area (Å²) in [6.45, 7) is 1.85. The molecule has 0 radical (unpaired) electrons. The molecule has 2 aliphatic rings. The summed E-state index contributed by atoms with van der Waals surface area (Å²) in [4.78, 5) is 30.9. The first-order chi connectivity index (χ1) is 14.7. The number of rotatable bonds is 5. The van der Waals surface area contributed by atoms with Crippen molar-refractivity contribution in [2.75, 3.05) is 25.9 Å². The number of quaternary nitrogens is 1. The molecule has 8 nitrogen and oxygen atoms in total. The summed E-state index contributed by atoms with van der Waals surface area (Å²) in [5, 5.41) is 3.13. The molecule has 0 bridgehead atoms. The van der Waals surface area contributed by atoms with E-state index in [2.05, 4.69) is 5.32 Å². The molecule has 2 atom stereocenters. The van der Waals surface area contributed by atoms with E-state index in [-0.39, 0.29) is 23.0 Å². The number of carbonyl (C=O) groups is 2. The van der Waals surface area contributed by atoms with Gasteiger partial charge in [-0.2, -0.15) is 13.2 Å². The maximum Gasteiger partial charge on any atom is 0.497 e. The molecular formula is C19H24F4N3O5S+. The van der Waals surface area contributed by atoms with Crippen molar-refractivity contribution in [3.05, 3.63) is 29.6 Å². The second-order valence-corrected chi connectivity index (χ2v) is 10.2. The summed E-state index contributed by atoms with van der Waals surface area (Å²) < 4.78 is 75.6. The zero-order valence-electron chi connectivity index (χ0n) is 17.5. The lowest BCUT2D eigenvalue weighted by Gasteiger charge is -2.33. The Bertz CT molecular complexity index is 1010. The minimum atomic E-state index is -5.35. The predicted molar refractivity (Wildman–Crippen MR) is 103 cm³/mol. The minimum Gasteiger partial charge on any atom is -0.317 e. The first-order valence-corrected chi connectivity index (χ1v) is 11.8. The molecule has 2 aliphatic heterocycles. The highest BCUT2D eigenvalue weighted by Crippen LogP contribution is 2.34. The molecule has 1 N–H and O–H groups in total. The van der Waals surface area contributed by atoms with Crippen molar-refractivity contribution in [3.63, 3.8) is 0 Å². The van der Waals surface area contributed by atoms with Gasteiger partial charge in [-0.25, -0.2) is 22.4 Å². The lowest BCUT2D eigenvalue weighted by molar-refractivity contribution is -1.03. The molecule has 1 aromatic carbocycles. The van der Waals surface area contributed by atoms with Crippen LogP contribution in [0.4, 0.5) is 22.4 Å². The number of halogens is 4. The van der Waals surface area contributed by atoms with Crippen molar-refractivity contribution in [2.45, 2.75) is 49.5 Å². The van der Waals surface area contributed by atoms with Crippen LogP contribution in [0.1, 0.15) is 25.3 Å². The Morgan fingerprint density at radius 1 is 1.28 bits per heavy atom. The van der Waals surface area contributed by atoms with Crippen LogP contribution in [0.15, 0.2) is 23.1 Å². The molecule has 2 saturated heterocycles. The average molecular weight is 482 g/mol. The highest BCUT2D eigenvalue weighted by Gasteiger charge is 2.60. The van der Waals surface area contributed by atoms with Gasteiger partial charge in [0.1, 0.15) is 12.4 Å². The molecule has 0 aliphatic carbocycles. The number of amides is 2. The number of sulfone groups is 1. The van der Waals surface area contributed by atoms with Gasteiger partial charge in [0.25, 0.3) is 0 Å². The van der Waals surface area contributed by atoms with Gasteiger partial charge in [0.2, 0.25) is 0 Å². The fourth-order valence-corrected chi connectivity index (χ4v) is 4.84. The predicted octanol–water partition coefficient (Wildman–Crippen LogP) is 2.14. The van der Waals surface area contributed by atoms with Crippen LogP contribution in [0, 0.1) is 5.82 Å². The first-order valence-electron chi connectivity index (χ1n) is 9.94. The largest absolute Gasteiger partial charge is 0.497 e. The Hall–Kier alpha value is -2.25. The Morgan fingerprint density at radius 2 is 1.91 bits per heavy atom. The molecule has 0 saturated carbocycles. The summed E-state index contributed by atoms with van der Waals surface area (Å²) in [5.74, 6) is -3.59. The molecule has 1 aromatic rings. The van der Waals surface area contributed by atoms with Gasteiger partial charge in [0.15, 0.2) is 16.4 Å². The van der Waals surface area contributed by atoms with Crippen molar-refractivity contribution < 1.29 is 45.1 Å². The first kappa shape index (κ1) is 24.4. The third-order valence-electron chi connectivity index (χ3n) is 5.67. The number of benzene rings is 1. The maximum atomic E-state index is 14.7. The zero-order chi connectivity index (χ0) is 23.9. The van der Waals surface area contributed by atoms with Crippen LogP contribution < -0.4 is 5.32 Å². The van der Waals surface area contributed by atoms with Crippen LogP contribution in [0.3, 0.4) is 0 Å². The van der Waals surface area contributed by atoms with E-state index in [1.807, 2.05) is 0 Å². The number of hydrogen-bond acceptors (Lipinski definition) is 6. The number of piperidine rings is 1. The van der Waals surface area contributed by atoms with Crippen LogP contribution in [-0.2, 0) is 26.0 Å². The Balaban J connectivity index is 1.99. The fourth-order valence-electron chi connectivity index (χ4n) is 4.21. The van der Waals surface area contributed by atoms with Gasteiger partial charge in [-0.05, 0) is 55.7 Å². The number of hydroxylamine groups is 3. The Morgan fingerprint density at radius 3 is 2.44 bits per heavy atom. The highest BCUT2D eigenvalue weighted by atomic mass is 32.2. The van der Waals surface area contributed by atoms with E-state index in [0.717, 1.165) is 24.5 Å². The van der Waals surface area contributed by atoms with Crippen LogP contribution in [0.25, 0.3) is 0 Å². The van der Waals surface area contributed by atoms with E-state index in [0.29, 0.717) is 25.9 Å². The van der Waals surface area contributed by atoms with E-state index < -0.39 is 51.1 Å². The van der Waals surface area contributed by atoms with E-state index in [4.69, 9.17) is 4.84 Å². The van der Waals surface area contributed by atoms with Crippen molar-refractivity contribution in [3.8, 4) is 0 Å². The summed E-state index contributed by atoms with van der Waals surface area (Å²) in [6.07, 6.45) is -3.33. The molecule has 32 heavy (non-hydrogen) atoms. The van der Waals surface area contributed by atoms with E-state index in [9.17, 15) is 35.6 Å². The second kappa shape index (κ2) is 8.60. The van der Waals surface area contributed by atoms with Crippen molar-refractivity contribution in [1.82, 2.24) is 10.2 Å². The van der Waals surface area contributed by atoms with E-state index in [1.54, 1.807) is 6.92 Å². The topological polar surface area (TPSA) is 92.8 Å². The van der Waals surface area contributed by atoms with E-state index in [1.165, 1.54) is 4.90 Å². The van der Waals surface area contributed by atoms with Gasteiger partial charge < -0.3 is 5.32 Å². The van der Waals surface area contributed by atoms with Gasteiger partial charge in [0.05, 0.1) is 10.9 Å². The lowest BCUT2D eigenvalue weighted by Crippen LogP contribution is -2.55. The zero-order valence-corrected chi connectivity index (χ0v) is 18.3. The number of nitrogens with one attached hydrogen (secondary N) is 1. The number of urea groups is 1. The standard InChI is InChI=1S/C19H24F4N3O5S/c1-12-10-26(31-17(27)19(21,22)23,18(28)25(12)14-5-7-24-8-6-14)11-13-3-4-15(9-16(13)20)32(2,29)30/h3-4,9,12,14,24H,5-8,10-11H2,1-2H3/q+1. The summed E-state index contributed by atoms with van der Waals surface area (Å²) in [7, 11) is -3.73. The maximum absolute atomic E-state index is 14.7. The van der Waals surface area contributed by atoms with Gasteiger partial charge in [-0.1, -0.05) is 0 Å². The quantitative estimate of drug-likeness (QED) is 0.511. The summed E-state index contributed by atoms with van der Waals surface area (Å²) in [6, 6.07) is 1.18. The lowest BCUT2D eigenvalue weighted by atomic mass is 10.0. The normalized spacial score (nSPS) is 25.2. The average Bonchev–Trinajstić information content (AvgIpc) is 2.92. The van der Waals surface area contributed by atoms with Crippen molar-refractivity contribution in [2.24, 2.45) is 0 Å². The van der Waals surface area contributed by atoms with Crippen LogP contribution >= 0.6 is 0 Å². The smallest absolute Gasteiger partial charge is 0.317 e. The van der Waals surface area contributed by atoms with Gasteiger partial charge in [-0.15, -0.1) is 0 Å². The molecular weight excluding hydrogens is 458 g/mol. The monoisotopic (exact) mass is 482 g/mol. The Kier molecular flexibility index (Phi) is 6.55. The van der Waals surface area contributed by atoms with Crippen molar-refractivity contribution >= 4 is 21.8 Å². The van der Waals surface area contributed by atoms with Crippen LogP contribution in [0.5, 0.6) is 0 Å². The molecule has 0 aromatic heterocycles. The summed E-state index contributed by atoms with van der Waals surface area (Å²) in [5.41, 5.74) is -0.250. The summed E-state index contributed by atoms with van der Waals surface area (Å²) >= 11 is 0. The van der Waals surface area contributed by atoms with Crippen molar-refractivity contribution in [1.29, 1.82) is 0 Å². The molecule has 2 unspecified atom stereocenters. The van der Waals surface area contributed by atoms with Gasteiger partial charge >= 0.3 is 18.2 Å². The minimum absolute atomic E-state index is 0.250. The van der Waals surface area contributed by atoms with Gasteiger partial charge in [-0.3, -0.25) is 9.74 Å². The SMILES string of the molecule is CC1C[N+](Cc2ccc(S(C)(=O)=O)cc2F)(OC(=O)C(F)(F)F)C(=O)N1C1CCNCC1. The molecule has 2 heterocycles. The fraction of sp³-hybridized carbons (Fsp3) is 0.579. The number of nitrogens with zero attached hydrogens (tertiary/aromatic N) is 2. The molecule has 3 rings (SSSR count).